The molecule has 1 N–H and O–H groups in total. The van der Waals surface area contributed by atoms with Gasteiger partial charge in [0.25, 0.3) is 0 Å². The van der Waals surface area contributed by atoms with Crippen LogP contribution >= 0.6 is 0 Å². The summed E-state index contributed by atoms with van der Waals surface area (Å²) in [7, 11) is 0. The number of ether oxygens (including phenoxy) is 1. The van der Waals surface area contributed by atoms with E-state index in [9.17, 15) is 4.79 Å². The van der Waals surface area contributed by atoms with Crippen molar-refractivity contribution in [3.63, 3.8) is 0 Å². The summed E-state index contributed by atoms with van der Waals surface area (Å²) in [6.07, 6.45) is 2.60. The maximum atomic E-state index is 11.7. The summed E-state index contributed by atoms with van der Waals surface area (Å²) in [6.45, 7) is 7.54. The van der Waals surface area contributed by atoms with E-state index in [1.165, 1.54) is 0 Å². The zero-order chi connectivity index (χ0) is 17.1. The van der Waals surface area contributed by atoms with E-state index in [-0.39, 0.29) is 0 Å². The lowest BCUT2D eigenvalue weighted by Gasteiger charge is -2.20. The third-order valence-corrected chi connectivity index (χ3v) is 2.87. The molecule has 1 amide bonds. The van der Waals surface area contributed by atoms with Crippen molar-refractivity contribution in [2.75, 3.05) is 0 Å². The van der Waals surface area contributed by atoms with Gasteiger partial charge in [0.1, 0.15) is 11.7 Å². The largest absolute Gasteiger partial charge is 0.442 e. The summed E-state index contributed by atoms with van der Waals surface area (Å²) in [6, 6.07) is 9.93. The van der Waals surface area contributed by atoms with Crippen molar-refractivity contribution >= 4 is 6.09 Å². The van der Waals surface area contributed by atoms with Gasteiger partial charge in [-0.1, -0.05) is 49.6 Å². The Hall–Kier alpha value is -1.99. The van der Waals surface area contributed by atoms with Gasteiger partial charge < -0.3 is 4.74 Å². The van der Waals surface area contributed by atoms with Crippen LogP contribution in [0.3, 0.4) is 0 Å². The lowest BCUT2D eigenvalue weighted by Crippen LogP contribution is -2.35. The fraction of sp³-hybridized carbons (Fsp3) is 0.526. The van der Waals surface area contributed by atoms with Gasteiger partial charge in [0, 0.05) is 12.8 Å². The van der Waals surface area contributed by atoms with Gasteiger partial charge in [-0.3, -0.25) is 4.84 Å². The third kappa shape index (κ3) is 9.59. The van der Waals surface area contributed by atoms with Crippen LogP contribution in [-0.2, 0) is 16.0 Å². The first-order valence-corrected chi connectivity index (χ1v) is 8.07. The smallest absolute Gasteiger partial charge is 0.431 e. The van der Waals surface area contributed by atoms with Crippen LogP contribution in [0.2, 0.25) is 0 Å². The highest BCUT2D eigenvalue weighted by atomic mass is 16.7. The number of nitrogens with one attached hydrogen (secondary N) is 1. The molecule has 1 unspecified atom stereocenters. The molecule has 0 aliphatic carbocycles. The fourth-order valence-electron chi connectivity index (χ4n) is 1.82. The molecule has 4 nitrogen and oxygen atoms in total. The molecule has 0 saturated carbocycles. The first kappa shape index (κ1) is 19.1. The quantitative estimate of drug-likeness (QED) is 0.485. The molecule has 0 aliphatic heterocycles. The molecule has 1 atom stereocenters. The Morgan fingerprint density at radius 1 is 1.26 bits per heavy atom. The molecule has 0 radical (unpaired) electrons. The summed E-state index contributed by atoms with van der Waals surface area (Å²) >= 11 is 0. The Bertz CT molecular complexity index is 523. The minimum Gasteiger partial charge on any atom is -0.442 e. The second kappa shape index (κ2) is 9.91. The number of hydroxylamine groups is 1. The molecule has 0 bridgehead atoms. The molecule has 0 saturated heterocycles. The van der Waals surface area contributed by atoms with Crippen molar-refractivity contribution < 1.29 is 14.4 Å². The van der Waals surface area contributed by atoms with Crippen LogP contribution in [0.1, 0.15) is 52.5 Å². The number of rotatable bonds is 6. The molecule has 1 rings (SSSR count). The first-order chi connectivity index (χ1) is 10.9. The Morgan fingerprint density at radius 3 is 2.57 bits per heavy atom. The van der Waals surface area contributed by atoms with Crippen LogP contribution in [0.4, 0.5) is 4.79 Å². The Kier molecular flexibility index (Phi) is 8.21. The Morgan fingerprint density at radius 2 is 1.96 bits per heavy atom. The number of hydrogen-bond acceptors (Lipinski definition) is 3. The Labute approximate surface area is 139 Å². The predicted molar refractivity (Wildman–Crippen MR) is 91.7 cm³/mol. The second-order valence-electron chi connectivity index (χ2n) is 6.32. The summed E-state index contributed by atoms with van der Waals surface area (Å²) in [5, 5.41) is 0. The van der Waals surface area contributed by atoms with Gasteiger partial charge in [-0.25, -0.2) is 4.79 Å². The van der Waals surface area contributed by atoms with Crippen molar-refractivity contribution in [3.8, 4) is 11.8 Å². The minimum absolute atomic E-state index is 0.401. The molecule has 23 heavy (non-hydrogen) atoms. The molecule has 0 aromatic heterocycles. The fourth-order valence-corrected chi connectivity index (χ4v) is 1.82. The summed E-state index contributed by atoms with van der Waals surface area (Å²) < 4.78 is 5.16. The zero-order valence-electron chi connectivity index (χ0n) is 14.5. The second-order valence-corrected chi connectivity index (χ2v) is 6.32. The number of unbranched alkanes of at least 4 members (excludes halogenated alkanes) is 2. The molecular weight excluding hydrogens is 290 g/mol. The summed E-state index contributed by atoms with van der Waals surface area (Å²) in [4.78, 5) is 17.1. The van der Waals surface area contributed by atoms with Gasteiger partial charge in [-0.05, 0) is 32.8 Å². The van der Waals surface area contributed by atoms with Crippen molar-refractivity contribution in [2.24, 2.45) is 0 Å². The standard InChI is InChI=1S/C19H27NO3/c1-5-6-7-11-14-17(15-16-12-9-8-10-13-16)23-20-18(21)22-19(2,3)4/h8-10,12-13,17H,5-7,15H2,1-4H3,(H,20,21). The van der Waals surface area contributed by atoms with Crippen LogP contribution in [-0.4, -0.2) is 17.8 Å². The highest BCUT2D eigenvalue weighted by molar-refractivity contribution is 5.66. The zero-order valence-corrected chi connectivity index (χ0v) is 14.5. The first-order valence-electron chi connectivity index (χ1n) is 8.07. The minimum atomic E-state index is -0.606. The van der Waals surface area contributed by atoms with Crippen LogP contribution in [0, 0.1) is 11.8 Å². The number of amides is 1. The van der Waals surface area contributed by atoms with Crippen LogP contribution in [0.5, 0.6) is 0 Å². The highest BCUT2D eigenvalue weighted by Gasteiger charge is 2.17. The summed E-state index contributed by atoms with van der Waals surface area (Å²) in [5.41, 5.74) is 2.88. The van der Waals surface area contributed by atoms with Crippen LogP contribution < -0.4 is 5.48 Å². The predicted octanol–water partition coefficient (Wildman–Crippen LogP) is 4.25. The third-order valence-electron chi connectivity index (χ3n) is 2.87. The van der Waals surface area contributed by atoms with Crippen molar-refractivity contribution in [1.82, 2.24) is 5.48 Å². The van der Waals surface area contributed by atoms with Gasteiger partial charge in [-0.2, -0.15) is 5.48 Å². The van der Waals surface area contributed by atoms with Crippen molar-refractivity contribution in [2.45, 2.75) is 65.1 Å². The normalized spacial score (nSPS) is 12.0. The van der Waals surface area contributed by atoms with E-state index in [1.54, 1.807) is 20.8 Å². The van der Waals surface area contributed by atoms with Crippen molar-refractivity contribution in [1.29, 1.82) is 0 Å². The maximum Gasteiger partial charge on any atom is 0.431 e. The van der Waals surface area contributed by atoms with Crippen LogP contribution in [0.15, 0.2) is 30.3 Å². The average Bonchev–Trinajstić information content (AvgIpc) is 2.48. The number of carbonyl (C=O) groups is 1. The summed E-state index contributed by atoms with van der Waals surface area (Å²) in [5.74, 6) is 6.19. The van der Waals surface area contributed by atoms with Gasteiger partial charge in [-0.15, -0.1) is 5.92 Å². The van der Waals surface area contributed by atoms with E-state index in [4.69, 9.17) is 9.57 Å². The maximum absolute atomic E-state index is 11.7. The number of benzene rings is 1. The average molecular weight is 317 g/mol. The van der Waals surface area contributed by atoms with E-state index in [0.29, 0.717) is 6.42 Å². The SMILES string of the molecule is CCCCC#CC(Cc1ccccc1)ONC(=O)OC(C)(C)C. The number of hydrogen-bond donors (Lipinski definition) is 1. The molecular formula is C19H27NO3. The Balaban J connectivity index is 2.59. The van der Waals surface area contributed by atoms with E-state index in [2.05, 4.69) is 24.2 Å². The van der Waals surface area contributed by atoms with Crippen LogP contribution in [0.25, 0.3) is 0 Å². The van der Waals surface area contributed by atoms with Crippen molar-refractivity contribution in [3.05, 3.63) is 35.9 Å². The van der Waals surface area contributed by atoms with E-state index >= 15 is 0 Å². The van der Waals surface area contributed by atoms with Gasteiger partial charge in [0.2, 0.25) is 0 Å². The molecule has 1 aromatic carbocycles. The molecule has 4 heteroatoms. The van der Waals surface area contributed by atoms with Gasteiger partial charge in [0.05, 0.1) is 0 Å². The molecule has 0 fully saturated rings. The molecule has 1 aromatic rings. The topological polar surface area (TPSA) is 47.6 Å². The van der Waals surface area contributed by atoms with E-state index in [0.717, 1.165) is 24.8 Å². The highest BCUT2D eigenvalue weighted by Crippen LogP contribution is 2.08. The lowest BCUT2D eigenvalue weighted by molar-refractivity contribution is -0.0243. The van der Waals surface area contributed by atoms with Gasteiger partial charge in [0.15, 0.2) is 0 Å². The lowest BCUT2D eigenvalue weighted by atomic mass is 10.1. The number of carbonyl (C=O) groups excluding carboxylic acids is 1. The monoisotopic (exact) mass is 317 g/mol. The van der Waals surface area contributed by atoms with E-state index in [1.807, 2.05) is 30.3 Å². The molecule has 0 spiro atoms. The molecule has 126 valence electrons. The van der Waals surface area contributed by atoms with E-state index < -0.39 is 17.8 Å². The van der Waals surface area contributed by atoms with Gasteiger partial charge >= 0.3 is 6.09 Å². The molecule has 0 aliphatic rings. The molecule has 0 heterocycles.